The van der Waals surface area contributed by atoms with Gasteiger partial charge in [-0.2, -0.15) is 4.31 Å². The van der Waals surface area contributed by atoms with Gasteiger partial charge in [0.2, 0.25) is 0 Å². The fourth-order valence-corrected chi connectivity index (χ4v) is 3.04. The van der Waals surface area contributed by atoms with Gasteiger partial charge in [-0.15, -0.1) is 0 Å². The lowest BCUT2D eigenvalue weighted by Gasteiger charge is -2.18. The summed E-state index contributed by atoms with van der Waals surface area (Å²) in [5.41, 5.74) is 0. The number of aromatic nitrogens is 2. The van der Waals surface area contributed by atoms with Gasteiger partial charge in [0.05, 0.1) is 6.61 Å². The molecular weight excluding hydrogens is 242 g/mol. The second-order valence-electron chi connectivity index (χ2n) is 3.86. The van der Waals surface area contributed by atoms with Gasteiger partial charge in [-0.05, 0) is 13.3 Å². The van der Waals surface area contributed by atoms with Gasteiger partial charge in [0.15, 0.2) is 5.03 Å². The van der Waals surface area contributed by atoms with Gasteiger partial charge in [0, 0.05) is 26.3 Å². The van der Waals surface area contributed by atoms with Gasteiger partial charge in [-0.1, -0.05) is 6.92 Å². The number of nitrogens with zero attached hydrogens (tertiary/aromatic N) is 3. The Labute approximate surface area is 102 Å². The van der Waals surface area contributed by atoms with Gasteiger partial charge < -0.3 is 9.67 Å². The van der Waals surface area contributed by atoms with Crippen molar-refractivity contribution in [1.29, 1.82) is 0 Å². The van der Waals surface area contributed by atoms with Crippen LogP contribution in [0.25, 0.3) is 0 Å². The minimum absolute atomic E-state index is 0.0411. The van der Waals surface area contributed by atoms with Crippen molar-refractivity contribution in [3.63, 3.8) is 0 Å². The average molecular weight is 261 g/mol. The predicted molar refractivity (Wildman–Crippen MR) is 64.1 cm³/mol. The van der Waals surface area contributed by atoms with E-state index in [9.17, 15) is 8.42 Å². The van der Waals surface area contributed by atoms with E-state index < -0.39 is 10.0 Å². The zero-order chi connectivity index (χ0) is 13.1. The SMILES string of the molecule is CCCN(CCO)S(=O)(=O)c1cn(C)c(C)n1. The van der Waals surface area contributed by atoms with Crippen molar-refractivity contribution in [2.45, 2.75) is 25.3 Å². The molecule has 0 bridgehead atoms. The van der Waals surface area contributed by atoms with Crippen molar-refractivity contribution >= 4 is 10.0 Å². The van der Waals surface area contributed by atoms with Crippen molar-refractivity contribution in [3.8, 4) is 0 Å². The van der Waals surface area contributed by atoms with Crippen molar-refractivity contribution in [1.82, 2.24) is 13.9 Å². The number of aliphatic hydroxyl groups is 1. The standard InChI is InChI=1S/C10H19N3O3S/c1-4-5-13(6-7-14)17(15,16)10-8-12(3)9(2)11-10/h8,14H,4-7H2,1-3H3. The highest BCUT2D eigenvalue weighted by Crippen LogP contribution is 2.14. The molecule has 1 aromatic rings. The highest BCUT2D eigenvalue weighted by molar-refractivity contribution is 7.89. The molecule has 0 aliphatic carbocycles. The Morgan fingerprint density at radius 1 is 1.47 bits per heavy atom. The summed E-state index contributed by atoms with van der Waals surface area (Å²) in [6.45, 7) is 3.94. The van der Waals surface area contributed by atoms with Crippen LogP contribution < -0.4 is 0 Å². The summed E-state index contributed by atoms with van der Waals surface area (Å²) < 4.78 is 27.4. The van der Waals surface area contributed by atoms with Crippen molar-refractivity contribution < 1.29 is 13.5 Å². The molecule has 0 fully saturated rings. The van der Waals surface area contributed by atoms with Crippen molar-refractivity contribution in [2.24, 2.45) is 7.05 Å². The lowest BCUT2D eigenvalue weighted by Crippen LogP contribution is -2.34. The number of imidazole rings is 1. The van der Waals surface area contributed by atoms with Gasteiger partial charge in [-0.3, -0.25) is 0 Å². The molecule has 6 nitrogen and oxygen atoms in total. The second-order valence-corrected chi connectivity index (χ2v) is 5.75. The molecule has 0 aliphatic heterocycles. The number of hydrogen-bond donors (Lipinski definition) is 1. The molecule has 0 aliphatic rings. The molecule has 0 radical (unpaired) electrons. The highest BCUT2D eigenvalue weighted by atomic mass is 32.2. The van der Waals surface area contributed by atoms with Crippen molar-refractivity contribution in [3.05, 3.63) is 12.0 Å². The van der Waals surface area contributed by atoms with E-state index in [0.717, 1.165) is 0 Å². The fourth-order valence-electron chi connectivity index (χ4n) is 1.50. The van der Waals surface area contributed by atoms with E-state index in [1.807, 2.05) is 6.92 Å². The van der Waals surface area contributed by atoms with Crippen LogP contribution in [0, 0.1) is 6.92 Å². The summed E-state index contributed by atoms with van der Waals surface area (Å²) in [7, 11) is -1.84. The monoisotopic (exact) mass is 261 g/mol. The van der Waals surface area contributed by atoms with E-state index in [0.29, 0.717) is 18.8 Å². The maximum atomic E-state index is 12.2. The molecule has 0 aromatic carbocycles. The Hall–Kier alpha value is -0.920. The molecule has 0 unspecified atom stereocenters. The molecule has 0 atom stereocenters. The van der Waals surface area contributed by atoms with E-state index in [1.54, 1.807) is 18.5 Å². The van der Waals surface area contributed by atoms with Gasteiger partial charge in [0.1, 0.15) is 5.82 Å². The molecule has 98 valence electrons. The Bertz CT molecular complexity index is 442. The van der Waals surface area contributed by atoms with E-state index in [-0.39, 0.29) is 18.2 Å². The Kier molecular flexibility index (Phi) is 4.67. The van der Waals surface area contributed by atoms with Gasteiger partial charge >= 0.3 is 0 Å². The molecule has 0 spiro atoms. The molecule has 17 heavy (non-hydrogen) atoms. The van der Waals surface area contributed by atoms with Gasteiger partial charge in [-0.25, -0.2) is 13.4 Å². The zero-order valence-electron chi connectivity index (χ0n) is 10.4. The van der Waals surface area contributed by atoms with Crippen LogP contribution in [-0.2, 0) is 17.1 Å². The minimum atomic E-state index is -3.59. The fraction of sp³-hybridized carbons (Fsp3) is 0.700. The van der Waals surface area contributed by atoms with Crippen LogP contribution in [0.15, 0.2) is 11.2 Å². The van der Waals surface area contributed by atoms with Crippen LogP contribution >= 0.6 is 0 Å². The summed E-state index contributed by atoms with van der Waals surface area (Å²) in [4.78, 5) is 4.02. The summed E-state index contributed by atoms with van der Waals surface area (Å²) in [6, 6.07) is 0. The maximum absolute atomic E-state index is 12.2. The molecule has 7 heteroatoms. The van der Waals surface area contributed by atoms with Crippen LogP contribution in [0.5, 0.6) is 0 Å². The number of hydrogen-bond acceptors (Lipinski definition) is 4. The lowest BCUT2D eigenvalue weighted by atomic mass is 10.5. The normalized spacial score (nSPS) is 12.3. The zero-order valence-corrected chi connectivity index (χ0v) is 11.2. The van der Waals surface area contributed by atoms with Gasteiger partial charge in [0.25, 0.3) is 10.0 Å². The first-order valence-corrected chi connectivity index (χ1v) is 6.98. The molecule has 1 rings (SSSR count). The van der Waals surface area contributed by atoms with E-state index in [2.05, 4.69) is 4.98 Å². The number of rotatable bonds is 6. The van der Waals surface area contributed by atoms with E-state index >= 15 is 0 Å². The van der Waals surface area contributed by atoms with E-state index in [1.165, 1.54) is 10.5 Å². The lowest BCUT2D eigenvalue weighted by molar-refractivity contribution is 0.253. The average Bonchev–Trinajstić information content (AvgIpc) is 2.59. The summed E-state index contributed by atoms with van der Waals surface area (Å²) in [5, 5.41) is 8.94. The number of aryl methyl sites for hydroxylation is 2. The summed E-state index contributed by atoms with van der Waals surface area (Å²) in [6.07, 6.45) is 2.19. The Morgan fingerprint density at radius 2 is 2.12 bits per heavy atom. The van der Waals surface area contributed by atoms with Crippen LogP contribution in [0.1, 0.15) is 19.2 Å². The highest BCUT2D eigenvalue weighted by Gasteiger charge is 2.26. The smallest absolute Gasteiger partial charge is 0.262 e. The first kappa shape index (κ1) is 14.1. The van der Waals surface area contributed by atoms with Crippen LogP contribution in [-0.4, -0.2) is 47.1 Å². The third-order valence-corrected chi connectivity index (χ3v) is 4.28. The van der Waals surface area contributed by atoms with E-state index in [4.69, 9.17) is 5.11 Å². The third kappa shape index (κ3) is 3.05. The van der Waals surface area contributed by atoms with Crippen LogP contribution in [0.3, 0.4) is 0 Å². The number of sulfonamides is 1. The second kappa shape index (κ2) is 5.61. The first-order valence-electron chi connectivity index (χ1n) is 5.54. The minimum Gasteiger partial charge on any atom is -0.395 e. The molecular formula is C10H19N3O3S. The quantitative estimate of drug-likeness (QED) is 0.789. The molecule has 1 N–H and O–H groups in total. The maximum Gasteiger partial charge on any atom is 0.262 e. The first-order chi connectivity index (χ1) is 7.93. The molecule has 0 amide bonds. The van der Waals surface area contributed by atoms with Crippen molar-refractivity contribution in [2.75, 3.05) is 19.7 Å². The topological polar surface area (TPSA) is 75.4 Å². The molecule has 1 aromatic heterocycles. The Balaban J connectivity index is 3.06. The number of aliphatic hydroxyl groups excluding tert-OH is 1. The summed E-state index contributed by atoms with van der Waals surface area (Å²) >= 11 is 0. The molecule has 0 saturated carbocycles. The Morgan fingerprint density at radius 3 is 2.53 bits per heavy atom. The largest absolute Gasteiger partial charge is 0.395 e. The molecule has 1 heterocycles. The summed E-state index contributed by atoms with van der Waals surface area (Å²) in [5.74, 6) is 0.643. The predicted octanol–water partition coefficient (Wildman–Crippen LogP) is 0.122. The third-order valence-electron chi connectivity index (χ3n) is 2.51. The van der Waals surface area contributed by atoms with Crippen LogP contribution in [0.2, 0.25) is 0 Å². The van der Waals surface area contributed by atoms with Crippen LogP contribution in [0.4, 0.5) is 0 Å². The molecule has 0 saturated heterocycles.